The van der Waals surface area contributed by atoms with Crippen LogP contribution in [0.5, 0.6) is 5.75 Å². The molecule has 2 heterocycles. The van der Waals surface area contributed by atoms with Crippen molar-refractivity contribution < 1.29 is 23.1 Å². The summed E-state index contributed by atoms with van der Waals surface area (Å²) in [5.74, 6) is -1.26. The molecule has 1 fully saturated rings. The van der Waals surface area contributed by atoms with Crippen molar-refractivity contribution in [1.29, 1.82) is 0 Å². The van der Waals surface area contributed by atoms with Gasteiger partial charge in [-0.05, 0) is 53.3 Å². The highest BCUT2D eigenvalue weighted by Gasteiger charge is 2.57. The molecule has 8 nitrogen and oxygen atoms in total. The van der Waals surface area contributed by atoms with Crippen molar-refractivity contribution in [2.75, 3.05) is 31.1 Å². The molecule has 0 amide bonds. The highest BCUT2D eigenvalue weighted by Crippen LogP contribution is 2.38. The number of aliphatic carboxylic acids is 1. The smallest absolute Gasteiger partial charge is 0.366 e. The number of sulfonamides is 1. The number of nitrogens with one attached hydrogen (secondary N) is 2. The molecule has 0 bridgehead atoms. The van der Waals surface area contributed by atoms with E-state index < -0.39 is 20.9 Å². The summed E-state index contributed by atoms with van der Waals surface area (Å²) in [5, 5.41) is 13.4. The van der Waals surface area contributed by atoms with Crippen LogP contribution in [0.4, 0.5) is 5.69 Å². The van der Waals surface area contributed by atoms with E-state index in [2.05, 4.69) is 69.5 Å². The van der Waals surface area contributed by atoms with Crippen LogP contribution in [0.3, 0.4) is 0 Å². The fraction of sp³-hybridized carbons (Fsp3) is 0.265. The Labute approximate surface area is 252 Å². The summed E-state index contributed by atoms with van der Waals surface area (Å²) >= 11 is 0. The van der Waals surface area contributed by atoms with Crippen LogP contribution in [0, 0.1) is 0 Å². The molecule has 0 aliphatic carbocycles. The third kappa shape index (κ3) is 6.01. The molecule has 1 saturated heterocycles. The summed E-state index contributed by atoms with van der Waals surface area (Å²) in [7, 11) is -4.32. The van der Waals surface area contributed by atoms with Crippen LogP contribution in [0.2, 0.25) is 0 Å². The zero-order valence-electron chi connectivity index (χ0n) is 23.8. The van der Waals surface area contributed by atoms with Crippen LogP contribution in [0.1, 0.15) is 16.7 Å². The van der Waals surface area contributed by atoms with E-state index in [1.54, 1.807) is 24.3 Å². The lowest BCUT2D eigenvalue weighted by Gasteiger charge is -2.38. The molecule has 6 rings (SSSR count). The van der Waals surface area contributed by atoms with E-state index in [0.29, 0.717) is 18.0 Å². The topological polar surface area (TPSA) is 108 Å². The number of benzene rings is 4. The second-order valence-electron chi connectivity index (χ2n) is 11.1. The number of hydrogen-bond acceptors (Lipinski definition) is 6. The number of fused-ring (bicyclic) bond motifs is 1. The molecule has 2 unspecified atom stereocenters. The van der Waals surface area contributed by atoms with E-state index in [9.17, 15) is 18.3 Å². The highest BCUT2D eigenvalue weighted by atomic mass is 32.2. The van der Waals surface area contributed by atoms with Gasteiger partial charge in [-0.15, -0.1) is 0 Å². The summed E-state index contributed by atoms with van der Waals surface area (Å²) < 4.78 is 34.2. The van der Waals surface area contributed by atoms with E-state index in [0.717, 1.165) is 42.7 Å². The Morgan fingerprint density at radius 2 is 1.58 bits per heavy atom. The van der Waals surface area contributed by atoms with Crippen molar-refractivity contribution in [2.24, 2.45) is 0 Å². The van der Waals surface area contributed by atoms with Crippen LogP contribution in [-0.2, 0) is 34.1 Å². The molecule has 4 aromatic rings. The fourth-order valence-electron chi connectivity index (χ4n) is 5.92. The zero-order valence-corrected chi connectivity index (χ0v) is 24.6. The first-order valence-electron chi connectivity index (χ1n) is 14.5. The predicted molar refractivity (Wildman–Crippen MR) is 168 cm³/mol. The molecule has 4 aromatic carbocycles. The number of carbonyl (C=O) groups is 1. The standard InChI is InChI=1S/C34H35N3O5S/c38-33(39)34(23-29-8-4-5-9-32(29)42-34)43(40,41)36-19-18-25-10-12-27(13-11-25)28-14-16-30(17-15-28)37-21-20-35-24-31(37)22-26-6-2-1-3-7-26/h1-17,31,35-36H,18-24H2,(H,38,39). The minimum atomic E-state index is -4.32. The van der Waals surface area contributed by atoms with Gasteiger partial charge in [-0.3, -0.25) is 0 Å². The van der Waals surface area contributed by atoms with Gasteiger partial charge >= 0.3 is 10.9 Å². The maximum atomic E-state index is 13.1. The van der Waals surface area contributed by atoms with Crippen LogP contribution in [0.15, 0.2) is 103 Å². The Hall–Kier alpha value is -4.18. The number of para-hydroxylation sites is 1. The summed E-state index contributed by atoms with van der Waals surface area (Å²) in [5.41, 5.74) is 6.21. The molecule has 9 heteroatoms. The first-order chi connectivity index (χ1) is 20.8. The maximum absolute atomic E-state index is 13.1. The van der Waals surface area contributed by atoms with Crippen molar-refractivity contribution >= 4 is 21.7 Å². The van der Waals surface area contributed by atoms with Gasteiger partial charge in [0, 0.05) is 49.9 Å². The fourth-order valence-corrected chi connectivity index (χ4v) is 7.30. The van der Waals surface area contributed by atoms with Gasteiger partial charge in [-0.1, -0.05) is 84.9 Å². The second-order valence-corrected chi connectivity index (χ2v) is 13.0. The molecular formula is C34H35N3O5S. The van der Waals surface area contributed by atoms with Crippen molar-refractivity contribution in [2.45, 2.75) is 30.2 Å². The van der Waals surface area contributed by atoms with Gasteiger partial charge in [-0.2, -0.15) is 0 Å². The number of carboxylic acid groups (broad SMARTS) is 1. The van der Waals surface area contributed by atoms with Crippen LogP contribution >= 0.6 is 0 Å². The third-order valence-corrected chi connectivity index (χ3v) is 10.1. The predicted octanol–water partition coefficient (Wildman–Crippen LogP) is 4.25. The van der Waals surface area contributed by atoms with Gasteiger partial charge in [0.2, 0.25) is 0 Å². The van der Waals surface area contributed by atoms with Crippen LogP contribution in [-0.4, -0.2) is 56.6 Å². The molecule has 0 aromatic heterocycles. The van der Waals surface area contributed by atoms with Crippen molar-refractivity contribution in [3.05, 3.63) is 120 Å². The Balaban J connectivity index is 1.07. The molecule has 0 saturated carbocycles. The SMILES string of the molecule is O=C(O)C1(S(=O)(=O)NCCc2ccc(-c3ccc(N4CCNCC4Cc4ccccc4)cc3)cc2)Cc2ccccc2O1. The van der Waals surface area contributed by atoms with Crippen molar-refractivity contribution in [1.82, 2.24) is 10.0 Å². The Morgan fingerprint density at radius 3 is 2.28 bits per heavy atom. The molecule has 43 heavy (non-hydrogen) atoms. The number of piperazine rings is 1. The molecule has 2 aliphatic rings. The lowest BCUT2D eigenvalue weighted by molar-refractivity contribution is -0.147. The second kappa shape index (κ2) is 12.2. The van der Waals surface area contributed by atoms with E-state index in [1.807, 2.05) is 24.3 Å². The molecule has 2 aliphatic heterocycles. The van der Waals surface area contributed by atoms with Gasteiger partial charge in [-0.25, -0.2) is 17.9 Å². The lowest BCUT2D eigenvalue weighted by Crippen LogP contribution is -2.56. The van der Waals surface area contributed by atoms with Gasteiger partial charge in [0.05, 0.1) is 0 Å². The van der Waals surface area contributed by atoms with Crippen LogP contribution < -0.4 is 19.7 Å². The summed E-state index contributed by atoms with van der Waals surface area (Å²) in [6, 6.07) is 34.3. The van der Waals surface area contributed by atoms with Crippen LogP contribution in [0.25, 0.3) is 11.1 Å². The average Bonchev–Trinajstić information content (AvgIpc) is 3.45. The minimum Gasteiger partial charge on any atom is -0.477 e. The first kappa shape index (κ1) is 28.9. The Morgan fingerprint density at radius 1 is 0.907 bits per heavy atom. The average molecular weight is 598 g/mol. The number of rotatable bonds is 10. The molecule has 2 atom stereocenters. The quantitative estimate of drug-likeness (QED) is 0.251. The van der Waals surface area contributed by atoms with E-state index >= 15 is 0 Å². The monoisotopic (exact) mass is 597 g/mol. The molecule has 222 valence electrons. The third-order valence-electron chi connectivity index (χ3n) is 8.29. The van der Waals surface area contributed by atoms with Crippen molar-refractivity contribution in [3.8, 4) is 16.9 Å². The number of ether oxygens (including phenoxy) is 1. The molecule has 0 radical (unpaired) electrons. The summed E-state index contributed by atoms with van der Waals surface area (Å²) in [6.45, 7) is 2.93. The molecule has 0 spiro atoms. The molecular weight excluding hydrogens is 562 g/mol. The number of anilines is 1. The van der Waals surface area contributed by atoms with E-state index in [-0.39, 0.29) is 18.7 Å². The minimum absolute atomic E-state index is 0.0555. The highest BCUT2D eigenvalue weighted by molar-refractivity contribution is 7.91. The van der Waals surface area contributed by atoms with E-state index in [1.165, 1.54) is 11.3 Å². The largest absolute Gasteiger partial charge is 0.477 e. The summed E-state index contributed by atoms with van der Waals surface area (Å²) in [4.78, 5) is 12.2. The molecule has 3 N–H and O–H groups in total. The van der Waals surface area contributed by atoms with Gasteiger partial charge in [0.15, 0.2) is 0 Å². The number of hydrogen-bond donors (Lipinski definition) is 3. The van der Waals surface area contributed by atoms with E-state index in [4.69, 9.17) is 4.74 Å². The van der Waals surface area contributed by atoms with Gasteiger partial charge in [0.1, 0.15) is 5.75 Å². The normalized spacial score (nSPS) is 19.9. The van der Waals surface area contributed by atoms with Gasteiger partial charge < -0.3 is 20.1 Å². The first-order valence-corrected chi connectivity index (χ1v) is 16.0. The number of nitrogens with zero attached hydrogens (tertiary/aromatic N) is 1. The zero-order chi connectivity index (χ0) is 29.9. The van der Waals surface area contributed by atoms with Crippen molar-refractivity contribution in [3.63, 3.8) is 0 Å². The lowest BCUT2D eigenvalue weighted by atomic mass is 10.00. The van der Waals surface area contributed by atoms with Gasteiger partial charge in [0.25, 0.3) is 10.0 Å². The number of carboxylic acids is 1. The maximum Gasteiger partial charge on any atom is 0.366 e. The summed E-state index contributed by atoms with van der Waals surface area (Å²) in [6.07, 6.45) is 1.15. The Bertz CT molecular complexity index is 1650. The Kier molecular flexibility index (Phi) is 8.21.